The van der Waals surface area contributed by atoms with Crippen LogP contribution in [0.4, 0.5) is 18.0 Å². The van der Waals surface area contributed by atoms with Gasteiger partial charge in [0.1, 0.15) is 11.9 Å². The zero-order valence-electron chi connectivity index (χ0n) is 16.9. The highest BCUT2D eigenvalue weighted by molar-refractivity contribution is 5.74. The Morgan fingerprint density at radius 3 is 2.10 bits per heavy atom. The van der Waals surface area contributed by atoms with Gasteiger partial charge >= 0.3 is 12.3 Å². The van der Waals surface area contributed by atoms with Gasteiger partial charge in [-0.25, -0.2) is 4.79 Å². The molecule has 164 valence electrons. The summed E-state index contributed by atoms with van der Waals surface area (Å²) in [5, 5.41) is 0. The number of hydrogen-bond donors (Lipinski definition) is 0. The van der Waals surface area contributed by atoms with Crippen LogP contribution in [0.15, 0.2) is 48.5 Å². The Balaban J connectivity index is 1.31. The van der Waals surface area contributed by atoms with Crippen molar-refractivity contribution in [2.24, 2.45) is 0 Å². The number of aldehydes is 1. The van der Waals surface area contributed by atoms with Crippen LogP contribution < -0.4 is 0 Å². The summed E-state index contributed by atoms with van der Waals surface area (Å²) < 4.78 is 43.9. The number of rotatable bonds is 5. The number of halogens is 3. The summed E-state index contributed by atoms with van der Waals surface area (Å²) in [6.07, 6.45) is -2.53. The van der Waals surface area contributed by atoms with Crippen molar-refractivity contribution in [2.75, 3.05) is 19.6 Å². The second-order valence-corrected chi connectivity index (χ2v) is 8.24. The van der Waals surface area contributed by atoms with Gasteiger partial charge in [0.05, 0.1) is 12.1 Å². The maximum Gasteiger partial charge on any atom is 0.416 e. The minimum Gasteiger partial charge on any atom is -0.441 e. The van der Waals surface area contributed by atoms with Crippen molar-refractivity contribution in [2.45, 2.75) is 37.7 Å². The van der Waals surface area contributed by atoms with Gasteiger partial charge < -0.3 is 4.74 Å². The molecule has 0 bridgehead atoms. The van der Waals surface area contributed by atoms with Crippen LogP contribution in [0.25, 0.3) is 0 Å². The Morgan fingerprint density at radius 2 is 1.52 bits per heavy atom. The number of amides is 1. The van der Waals surface area contributed by atoms with E-state index in [2.05, 4.69) is 4.90 Å². The smallest absolute Gasteiger partial charge is 0.416 e. The lowest BCUT2D eigenvalue weighted by Gasteiger charge is -2.37. The van der Waals surface area contributed by atoms with Crippen molar-refractivity contribution in [1.29, 1.82) is 0 Å². The lowest BCUT2D eigenvalue weighted by atomic mass is 9.91. The van der Waals surface area contributed by atoms with E-state index in [1.54, 1.807) is 17.0 Å². The topological polar surface area (TPSA) is 49.9 Å². The van der Waals surface area contributed by atoms with E-state index in [0.29, 0.717) is 51.1 Å². The third kappa shape index (κ3) is 4.90. The average Bonchev–Trinajstić information content (AvgIpc) is 3.05. The molecule has 0 radical (unpaired) electrons. The fraction of sp³-hybridized carbons (Fsp3) is 0.391. The molecule has 0 N–H and O–H groups in total. The summed E-state index contributed by atoms with van der Waals surface area (Å²) in [4.78, 5) is 27.0. The molecule has 0 aliphatic carbocycles. The molecular weight excluding hydrogens is 409 g/mol. The van der Waals surface area contributed by atoms with E-state index in [-0.39, 0.29) is 6.09 Å². The quantitative estimate of drug-likeness (QED) is 0.653. The molecule has 1 amide bonds. The van der Waals surface area contributed by atoms with E-state index in [9.17, 15) is 22.8 Å². The fourth-order valence-corrected chi connectivity index (χ4v) is 4.17. The van der Waals surface area contributed by atoms with Crippen LogP contribution in [-0.4, -0.2) is 47.4 Å². The van der Waals surface area contributed by atoms with E-state index < -0.39 is 17.3 Å². The Hall–Kier alpha value is -2.87. The zero-order chi connectivity index (χ0) is 22.1. The maximum absolute atomic E-state index is 12.7. The Kier molecular flexibility index (Phi) is 5.75. The number of carbonyl (C=O) groups excluding carboxylic acids is 2. The number of hydrogen-bond acceptors (Lipinski definition) is 4. The molecule has 2 aromatic carbocycles. The van der Waals surface area contributed by atoms with Crippen molar-refractivity contribution in [1.82, 2.24) is 9.80 Å². The molecule has 0 unspecified atom stereocenters. The average molecular weight is 432 g/mol. The van der Waals surface area contributed by atoms with Gasteiger partial charge in [0.15, 0.2) is 0 Å². The minimum atomic E-state index is -4.33. The molecule has 2 aromatic rings. The number of carbonyl (C=O) groups is 2. The van der Waals surface area contributed by atoms with Gasteiger partial charge in [0, 0.05) is 44.6 Å². The van der Waals surface area contributed by atoms with Crippen molar-refractivity contribution < 1.29 is 27.5 Å². The summed E-state index contributed by atoms with van der Waals surface area (Å²) in [5.41, 5.74) is 1.18. The summed E-state index contributed by atoms with van der Waals surface area (Å²) >= 11 is 0. The normalized spacial score (nSPS) is 18.9. The van der Waals surface area contributed by atoms with E-state index in [0.717, 1.165) is 29.5 Å². The van der Waals surface area contributed by atoms with Crippen LogP contribution in [0.3, 0.4) is 0 Å². The zero-order valence-corrected chi connectivity index (χ0v) is 16.9. The largest absolute Gasteiger partial charge is 0.441 e. The van der Waals surface area contributed by atoms with Gasteiger partial charge in [0.2, 0.25) is 0 Å². The number of likely N-dealkylation sites (tertiary alicyclic amines) is 1. The first-order valence-electron chi connectivity index (χ1n) is 10.2. The third-order valence-corrected chi connectivity index (χ3v) is 5.99. The lowest BCUT2D eigenvalue weighted by Crippen LogP contribution is -2.46. The van der Waals surface area contributed by atoms with Gasteiger partial charge in [-0.2, -0.15) is 13.2 Å². The Labute approximate surface area is 178 Å². The van der Waals surface area contributed by atoms with Crippen LogP contribution in [-0.2, 0) is 24.0 Å². The molecule has 31 heavy (non-hydrogen) atoms. The number of nitrogens with zero attached hydrogens (tertiary/aromatic N) is 2. The number of piperidine rings is 1. The van der Waals surface area contributed by atoms with Gasteiger partial charge in [-0.05, 0) is 23.3 Å². The highest BCUT2D eigenvalue weighted by atomic mass is 19.4. The standard InChI is InChI=1S/C23H23F3N2O3/c24-23(25,26)20-7-5-17(6-8-20)13-27-11-9-22(10-12-27)16-28(21(30)31-22)14-18-1-3-19(15-29)4-2-18/h1-8,15H,9-14,16H2. The second-order valence-electron chi connectivity index (χ2n) is 8.24. The van der Waals surface area contributed by atoms with Gasteiger partial charge in [-0.3, -0.25) is 14.6 Å². The van der Waals surface area contributed by atoms with E-state index >= 15 is 0 Å². The molecule has 8 heteroatoms. The summed E-state index contributed by atoms with van der Waals surface area (Å²) in [6.45, 7) is 2.91. The van der Waals surface area contributed by atoms with E-state index in [1.165, 1.54) is 12.1 Å². The molecule has 1 spiro atoms. The first-order valence-corrected chi connectivity index (χ1v) is 10.2. The molecule has 0 atom stereocenters. The molecule has 2 saturated heterocycles. The minimum absolute atomic E-state index is 0.337. The highest BCUT2D eigenvalue weighted by Gasteiger charge is 2.46. The molecule has 2 aliphatic heterocycles. The highest BCUT2D eigenvalue weighted by Crippen LogP contribution is 2.35. The number of alkyl halides is 3. The van der Waals surface area contributed by atoms with Crippen LogP contribution in [0.2, 0.25) is 0 Å². The second kappa shape index (κ2) is 8.34. The van der Waals surface area contributed by atoms with E-state index in [1.807, 2.05) is 12.1 Å². The Morgan fingerprint density at radius 1 is 0.935 bits per heavy atom. The predicted octanol–water partition coefficient (Wildman–Crippen LogP) is 4.50. The molecule has 0 saturated carbocycles. The predicted molar refractivity (Wildman–Crippen MR) is 107 cm³/mol. The van der Waals surface area contributed by atoms with Crippen LogP contribution >= 0.6 is 0 Å². The maximum atomic E-state index is 12.7. The molecule has 5 nitrogen and oxygen atoms in total. The van der Waals surface area contributed by atoms with Crippen molar-refractivity contribution >= 4 is 12.4 Å². The monoisotopic (exact) mass is 432 g/mol. The number of benzene rings is 2. The van der Waals surface area contributed by atoms with Crippen LogP contribution in [0, 0.1) is 0 Å². The van der Waals surface area contributed by atoms with Gasteiger partial charge in [0.25, 0.3) is 0 Å². The first kappa shape index (κ1) is 21.4. The van der Waals surface area contributed by atoms with Crippen LogP contribution in [0.5, 0.6) is 0 Å². The third-order valence-electron chi connectivity index (χ3n) is 5.99. The summed E-state index contributed by atoms with van der Waals surface area (Å²) in [6, 6.07) is 12.3. The molecule has 2 fully saturated rings. The first-order chi connectivity index (χ1) is 14.8. The van der Waals surface area contributed by atoms with Gasteiger partial charge in [-0.1, -0.05) is 36.4 Å². The van der Waals surface area contributed by atoms with Gasteiger partial charge in [-0.15, -0.1) is 0 Å². The van der Waals surface area contributed by atoms with Crippen molar-refractivity contribution in [3.05, 3.63) is 70.8 Å². The van der Waals surface area contributed by atoms with Crippen molar-refractivity contribution in [3.8, 4) is 0 Å². The molecule has 2 heterocycles. The summed E-state index contributed by atoms with van der Waals surface area (Å²) in [5.74, 6) is 0. The Bertz CT molecular complexity index is 934. The fourth-order valence-electron chi connectivity index (χ4n) is 4.17. The molecule has 0 aromatic heterocycles. The summed E-state index contributed by atoms with van der Waals surface area (Å²) in [7, 11) is 0. The molecule has 4 rings (SSSR count). The number of ether oxygens (including phenoxy) is 1. The SMILES string of the molecule is O=Cc1ccc(CN2CC3(CCN(Cc4ccc(C(F)(F)F)cc4)CC3)OC2=O)cc1. The molecule has 2 aliphatic rings. The van der Waals surface area contributed by atoms with E-state index in [4.69, 9.17) is 4.74 Å². The van der Waals surface area contributed by atoms with Crippen molar-refractivity contribution in [3.63, 3.8) is 0 Å². The molecular formula is C23H23F3N2O3. The van der Waals surface area contributed by atoms with Crippen LogP contribution in [0.1, 0.15) is 39.9 Å². The lowest BCUT2D eigenvalue weighted by molar-refractivity contribution is -0.137.